The molecule has 0 aromatic heterocycles. The molecule has 0 aliphatic heterocycles. The van der Waals surface area contributed by atoms with Gasteiger partial charge < -0.3 is 0 Å². The molecule has 0 saturated carbocycles. The van der Waals surface area contributed by atoms with Crippen molar-refractivity contribution in [2.75, 3.05) is 7.05 Å². The highest BCUT2D eigenvalue weighted by Crippen LogP contribution is 2.06. The van der Waals surface area contributed by atoms with Crippen molar-refractivity contribution >= 4 is 0 Å². The molecule has 1 unspecified atom stereocenters. The van der Waals surface area contributed by atoms with E-state index >= 15 is 0 Å². The Morgan fingerprint density at radius 1 is 1.30 bits per heavy atom. The van der Waals surface area contributed by atoms with Crippen LogP contribution in [-0.4, -0.2) is 13.1 Å². The van der Waals surface area contributed by atoms with Crippen LogP contribution in [0.4, 0.5) is 0 Å². The third-order valence-corrected chi connectivity index (χ3v) is 1.73. The van der Waals surface area contributed by atoms with Crippen LogP contribution in [0.15, 0.2) is 0 Å². The summed E-state index contributed by atoms with van der Waals surface area (Å²) in [4.78, 5) is 0. The lowest BCUT2D eigenvalue weighted by Gasteiger charge is -2.20. The van der Waals surface area contributed by atoms with Gasteiger partial charge in [0.25, 0.3) is 0 Å². The summed E-state index contributed by atoms with van der Waals surface area (Å²) in [5, 5.41) is 0. The van der Waals surface area contributed by atoms with Gasteiger partial charge in [0.1, 0.15) is 0 Å². The predicted octanol–water partition coefficient (Wildman–Crippen LogP) is 1.54. The molecule has 0 aliphatic carbocycles. The van der Waals surface area contributed by atoms with Crippen molar-refractivity contribution in [3.8, 4) is 0 Å². The molecule has 0 aromatic rings. The van der Waals surface area contributed by atoms with E-state index in [0.717, 1.165) is 0 Å². The van der Waals surface area contributed by atoms with Gasteiger partial charge in [0, 0.05) is 6.04 Å². The lowest BCUT2D eigenvalue weighted by molar-refractivity contribution is 0.345. The van der Waals surface area contributed by atoms with E-state index in [1.807, 2.05) is 7.05 Å². The number of hydrazine groups is 1. The van der Waals surface area contributed by atoms with Gasteiger partial charge in [0.05, 0.1) is 0 Å². The zero-order valence-corrected chi connectivity index (χ0v) is 7.57. The molecule has 0 rings (SSSR count). The fraction of sp³-hybridized carbons (Fsp3) is 1.00. The first-order chi connectivity index (χ1) is 4.72. The molecule has 0 heterocycles. The highest BCUT2D eigenvalue weighted by atomic mass is 15.3. The second-order valence-electron chi connectivity index (χ2n) is 3.03. The highest BCUT2D eigenvalue weighted by Gasteiger charge is 2.09. The van der Waals surface area contributed by atoms with E-state index in [1.54, 1.807) is 0 Å². The molecule has 0 fully saturated rings. The van der Waals surface area contributed by atoms with Gasteiger partial charge in [-0.25, -0.2) is 0 Å². The van der Waals surface area contributed by atoms with Crippen LogP contribution >= 0.6 is 0 Å². The van der Waals surface area contributed by atoms with Crippen molar-refractivity contribution in [1.82, 2.24) is 10.9 Å². The Bertz CT molecular complexity index is 65.7. The summed E-state index contributed by atoms with van der Waals surface area (Å²) in [6, 6.07) is 0.620. The second-order valence-corrected chi connectivity index (χ2v) is 3.03. The van der Waals surface area contributed by atoms with E-state index in [2.05, 4.69) is 31.6 Å². The van der Waals surface area contributed by atoms with Crippen molar-refractivity contribution in [2.24, 2.45) is 5.92 Å². The van der Waals surface area contributed by atoms with Crippen molar-refractivity contribution in [3.05, 3.63) is 0 Å². The predicted molar refractivity (Wildman–Crippen MR) is 45.7 cm³/mol. The van der Waals surface area contributed by atoms with E-state index in [4.69, 9.17) is 0 Å². The average molecular weight is 144 g/mol. The lowest BCUT2D eigenvalue weighted by Crippen LogP contribution is -2.41. The molecule has 0 saturated heterocycles. The van der Waals surface area contributed by atoms with Crippen LogP contribution in [0.2, 0.25) is 0 Å². The first-order valence-electron chi connectivity index (χ1n) is 4.14. The maximum atomic E-state index is 3.23. The van der Waals surface area contributed by atoms with Crippen LogP contribution < -0.4 is 10.9 Å². The Labute approximate surface area is 64.4 Å². The van der Waals surface area contributed by atoms with Gasteiger partial charge in [-0.05, 0) is 19.4 Å². The molecule has 0 radical (unpaired) electrons. The molecule has 0 spiro atoms. The van der Waals surface area contributed by atoms with Gasteiger partial charge in [-0.1, -0.05) is 27.2 Å². The SMILES string of the molecule is CCCC(NNC)C(C)C. The third-order valence-electron chi connectivity index (χ3n) is 1.73. The van der Waals surface area contributed by atoms with Crippen LogP contribution in [0, 0.1) is 5.92 Å². The first-order valence-corrected chi connectivity index (χ1v) is 4.14. The number of hydrogen-bond donors (Lipinski definition) is 2. The topological polar surface area (TPSA) is 24.1 Å². The quantitative estimate of drug-likeness (QED) is 0.572. The summed E-state index contributed by atoms with van der Waals surface area (Å²) in [6.45, 7) is 6.70. The maximum Gasteiger partial charge on any atom is 0.0235 e. The van der Waals surface area contributed by atoms with Crippen molar-refractivity contribution < 1.29 is 0 Å². The number of nitrogens with one attached hydrogen (secondary N) is 2. The van der Waals surface area contributed by atoms with E-state index in [-0.39, 0.29) is 0 Å². The molecule has 0 bridgehead atoms. The molecule has 2 heteroatoms. The summed E-state index contributed by atoms with van der Waals surface area (Å²) >= 11 is 0. The standard InChI is InChI=1S/C8H20N2/c1-5-6-8(7(2)3)10-9-4/h7-10H,5-6H2,1-4H3. The van der Waals surface area contributed by atoms with Gasteiger partial charge in [0.15, 0.2) is 0 Å². The molecule has 2 N–H and O–H groups in total. The van der Waals surface area contributed by atoms with Gasteiger partial charge in [-0.2, -0.15) is 0 Å². The van der Waals surface area contributed by atoms with Gasteiger partial charge in [-0.15, -0.1) is 0 Å². The minimum Gasteiger partial charge on any atom is -0.261 e. The first kappa shape index (κ1) is 9.92. The molecule has 0 aromatic carbocycles. The van der Waals surface area contributed by atoms with E-state index in [9.17, 15) is 0 Å². The molecular formula is C8H20N2. The van der Waals surface area contributed by atoms with E-state index < -0.39 is 0 Å². The fourth-order valence-corrected chi connectivity index (χ4v) is 1.07. The fourth-order valence-electron chi connectivity index (χ4n) is 1.07. The zero-order valence-electron chi connectivity index (χ0n) is 7.57. The summed E-state index contributed by atoms with van der Waals surface area (Å²) in [5.74, 6) is 0.715. The van der Waals surface area contributed by atoms with Crippen molar-refractivity contribution in [1.29, 1.82) is 0 Å². The Morgan fingerprint density at radius 3 is 2.20 bits per heavy atom. The second kappa shape index (κ2) is 5.69. The van der Waals surface area contributed by atoms with E-state index in [0.29, 0.717) is 12.0 Å². The summed E-state index contributed by atoms with van der Waals surface area (Å²) in [6.07, 6.45) is 2.50. The Hall–Kier alpha value is -0.0800. The van der Waals surface area contributed by atoms with Crippen molar-refractivity contribution in [2.45, 2.75) is 39.7 Å². The highest BCUT2D eigenvalue weighted by molar-refractivity contribution is 4.66. The van der Waals surface area contributed by atoms with Crippen LogP contribution in [0.5, 0.6) is 0 Å². The maximum absolute atomic E-state index is 3.23. The molecule has 2 nitrogen and oxygen atoms in total. The monoisotopic (exact) mass is 144 g/mol. The molecular weight excluding hydrogens is 124 g/mol. The lowest BCUT2D eigenvalue weighted by atomic mass is 10.0. The van der Waals surface area contributed by atoms with Crippen LogP contribution in [0.1, 0.15) is 33.6 Å². The normalized spacial score (nSPS) is 14.1. The van der Waals surface area contributed by atoms with Gasteiger partial charge >= 0.3 is 0 Å². The zero-order chi connectivity index (χ0) is 7.98. The minimum atomic E-state index is 0.620. The van der Waals surface area contributed by atoms with Crippen LogP contribution in [-0.2, 0) is 0 Å². The average Bonchev–Trinajstić information content (AvgIpc) is 1.87. The Balaban J connectivity index is 3.50. The van der Waals surface area contributed by atoms with Crippen LogP contribution in [0.3, 0.4) is 0 Å². The molecule has 1 atom stereocenters. The largest absolute Gasteiger partial charge is 0.261 e. The van der Waals surface area contributed by atoms with Gasteiger partial charge in [-0.3, -0.25) is 10.9 Å². The Kier molecular flexibility index (Phi) is 5.64. The molecule has 10 heavy (non-hydrogen) atoms. The molecule has 62 valence electrons. The minimum absolute atomic E-state index is 0.620. The van der Waals surface area contributed by atoms with E-state index in [1.165, 1.54) is 12.8 Å². The molecule has 0 aliphatic rings. The summed E-state index contributed by atoms with van der Waals surface area (Å²) in [5.41, 5.74) is 6.22. The number of hydrogen-bond acceptors (Lipinski definition) is 2. The van der Waals surface area contributed by atoms with Crippen molar-refractivity contribution in [3.63, 3.8) is 0 Å². The third kappa shape index (κ3) is 3.85. The van der Waals surface area contributed by atoms with Crippen LogP contribution in [0.25, 0.3) is 0 Å². The smallest absolute Gasteiger partial charge is 0.0235 e. The Morgan fingerprint density at radius 2 is 1.90 bits per heavy atom. The van der Waals surface area contributed by atoms with Gasteiger partial charge in [0.2, 0.25) is 0 Å². The summed E-state index contributed by atoms with van der Waals surface area (Å²) in [7, 11) is 1.92. The molecule has 0 amide bonds. The number of rotatable bonds is 5. The summed E-state index contributed by atoms with van der Waals surface area (Å²) < 4.78 is 0.